The molecule has 0 fully saturated rings. The van der Waals surface area contributed by atoms with Gasteiger partial charge in [0.05, 0.1) is 18.7 Å². The van der Waals surface area contributed by atoms with Gasteiger partial charge in [-0.2, -0.15) is 0 Å². The lowest BCUT2D eigenvalue weighted by atomic mass is 10.2. The van der Waals surface area contributed by atoms with E-state index < -0.39 is 5.97 Å². The van der Waals surface area contributed by atoms with Crippen LogP contribution in [0.3, 0.4) is 0 Å². The van der Waals surface area contributed by atoms with Gasteiger partial charge in [0.1, 0.15) is 5.82 Å². The molecule has 0 bridgehead atoms. The Hall–Kier alpha value is -2.83. The Labute approximate surface area is 113 Å². The molecule has 2 rings (SSSR count). The first-order valence-corrected chi connectivity index (χ1v) is 5.67. The van der Waals surface area contributed by atoms with E-state index in [1.54, 1.807) is 6.92 Å². The predicted molar refractivity (Wildman–Crippen MR) is 69.6 cm³/mol. The largest absolute Gasteiger partial charge is 0.493 e. The first kappa shape index (κ1) is 13.6. The van der Waals surface area contributed by atoms with Crippen LogP contribution in [0.5, 0.6) is 17.4 Å². The molecule has 7 heteroatoms. The minimum Gasteiger partial charge on any atom is -0.493 e. The molecule has 0 aliphatic carbocycles. The molecule has 20 heavy (non-hydrogen) atoms. The summed E-state index contributed by atoms with van der Waals surface area (Å²) in [5.74, 6) is -0.0409. The molecule has 7 nitrogen and oxygen atoms in total. The predicted octanol–water partition coefficient (Wildman–Crippen LogP) is 1.58. The second-order valence-corrected chi connectivity index (χ2v) is 3.94. The van der Waals surface area contributed by atoms with Crippen molar-refractivity contribution in [3.05, 3.63) is 46.0 Å². The number of carboxylic acid groups (broad SMARTS) is 1. The first-order valence-electron chi connectivity index (χ1n) is 5.67. The first-order chi connectivity index (χ1) is 9.49. The number of aromatic amines is 1. The van der Waals surface area contributed by atoms with Crippen LogP contribution in [-0.2, 0) is 0 Å². The standard InChI is InChI=1S/C13H12N2O5/c1-7-14-11(16)6-12(15-7)20-9-4-3-8(13(17)18)5-10(9)19-2/h3-6H,1-2H3,(H,17,18)(H,14,15,16). The molecule has 0 saturated carbocycles. The molecule has 0 atom stereocenters. The number of methoxy groups -OCH3 is 1. The van der Waals surface area contributed by atoms with Crippen LogP contribution in [-0.4, -0.2) is 28.2 Å². The molecular weight excluding hydrogens is 264 g/mol. The SMILES string of the molecule is COc1cc(C(=O)O)ccc1Oc1cc(=O)[nH]c(C)n1. The molecule has 0 radical (unpaired) electrons. The summed E-state index contributed by atoms with van der Waals surface area (Å²) in [5.41, 5.74) is -0.266. The number of nitrogens with zero attached hydrogens (tertiary/aromatic N) is 1. The van der Waals surface area contributed by atoms with Crippen molar-refractivity contribution in [2.45, 2.75) is 6.92 Å². The van der Waals surface area contributed by atoms with Crippen LogP contribution < -0.4 is 15.0 Å². The summed E-state index contributed by atoms with van der Waals surface area (Å²) in [4.78, 5) is 28.7. The number of aromatic carboxylic acids is 1. The van der Waals surface area contributed by atoms with Crippen LogP contribution in [0.15, 0.2) is 29.1 Å². The molecular formula is C13H12N2O5. The van der Waals surface area contributed by atoms with Crippen molar-refractivity contribution in [2.75, 3.05) is 7.11 Å². The fraction of sp³-hybridized carbons (Fsp3) is 0.154. The number of aryl methyl sites for hydroxylation is 1. The maximum Gasteiger partial charge on any atom is 0.335 e. The lowest BCUT2D eigenvalue weighted by Gasteiger charge is -2.10. The third-order valence-electron chi connectivity index (χ3n) is 2.46. The van der Waals surface area contributed by atoms with Crippen molar-refractivity contribution in [3.63, 3.8) is 0 Å². The number of aromatic nitrogens is 2. The second-order valence-electron chi connectivity index (χ2n) is 3.94. The Balaban J connectivity index is 2.37. The van der Waals surface area contributed by atoms with E-state index in [4.69, 9.17) is 14.6 Å². The summed E-state index contributed by atoms with van der Waals surface area (Å²) in [5, 5.41) is 8.90. The van der Waals surface area contributed by atoms with Crippen molar-refractivity contribution < 1.29 is 19.4 Å². The number of H-pyrrole nitrogens is 1. The minimum absolute atomic E-state index is 0.0734. The summed E-state index contributed by atoms with van der Waals surface area (Å²) in [6.07, 6.45) is 0. The zero-order chi connectivity index (χ0) is 14.7. The van der Waals surface area contributed by atoms with Crippen molar-refractivity contribution >= 4 is 5.97 Å². The topological polar surface area (TPSA) is 102 Å². The fourth-order valence-electron chi connectivity index (χ4n) is 1.60. The van der Waals surface area contributed by atoms with Gasteiger partial charge in [-0.25, -0.2) is 9.78 Å². The smallest absolute Gasteiger partial charge is 0.335 e. The number of ether oxygens (including phenoxy) is 2. The van der Waals surface area contributed by atoms with E-state index in [0.29, 0.717) is 5.82 Å². The molecule has 0 unspecified atom stereocenters. The lowest BCUT2D eigenvalue weighted by Crippen LogP contribution is -2.08. The van der Waals surface area contributed by atoms with E-state index in [2.05, 4.69) is 9.97 Å². The maximum absolute atomic E-state index is 11.3. The van der Waals surface area contributed by atoms with E-state index in [1.165, 1.54) is 31.4 Å². The number of benzene rings is 1. The fourth-order valence-corrected chi connectivity index (χ4v) is 1.60. The highest BCUT2D eigenvalue weighted by atomic mass is 16.5. The van der Waals surface area contributed by atoms with E-state index in [-0.39, 0.29) is 28.5 Å². The maximum atomic E-state index is 11.3. The molecule has 0 aliphatic heterocycles. The van der Waals surface area contributed by atoms with Crippen LogP contribution in [0, 0.1) is 6.92 Å². The summed E-state index contributed by atoms with van der Waals surface area (Å²) in [6, 6.07) is 5.34. The molecule has 1 heterocycles. The summed E-state index contributed by atoms with van der Waals surface area (Å²) >= 11 is 0. The van der Waals surface area contributed by atoms with Gasteiger partial charge >= 0.3 is 5.97 Å². The Morgan fingerprint density at radius 1 is 1.30 bits per heavy atom. The number of carboxylic acids is 1. The molecule has 104 valence electrons. The van der Waals surface area contributed by atoms with Crippen molar-refractivity contribution in [1.29, 1.82) is 0 Å². The van der Waals surface area contributed by atoms with Gasteiger partial charge in [-0.15, -0.1) is 0 Å². The van der Waals surface area contributed by atoms with Crippen molar-refractivity contribution in [3.8, 4) is 17.4 Å². The van der Waals surface area contributed by atoms with Crippen LogP contribution in [0.25, 0.3) is 0 Å². The number of nitrogens with one attached hydrogen (secondary N) is 1. The summed E-state index contributed by atoms with van der Waals surface area (Å²) in [7, 11) is 1.39. The van der Waals surface area contributed by atoms with Gasteiger partial charge in [0.25, 0.3) is 5.56 Å². The zero-order valence-corrected chi connectivity index (χ0v) is 10.8. The van der Waals surface area contributed by atoms with Crippen molar-refractivity contribution in [2.24, 2.45) is 0 Å². The van der Waals surface area contributed by atoms with Gasteiger partial charge in [0, 0.05) is 0 Å². The molecule has 0 aliphatic rings. The third-order valence-corrected chi connectivity index (χ3v) is 2.46. The van der Waals surface area contributed by atoms with Gasteiger partial charge in [-0.1, -0.05) is 0 Å². The molecule has 2 aromatic rings. The van der Waals surface area contributed by atoms with Crippen LogP contribution in [0.4, 0.5) is 0 Å². The summed E-state index contributed by atoms with van der Waals surface area (Å²) in [6.45, 7) is 1.62. The molecule has 1 aromatic carbocycles. The van der Waals surface area contributed by atoms with E-state index in [1.807, 2.05) is 0 Å². The van der Waals surface area contributed by atoms with Gasteiger partial charge in [0.15, 0.2) is 11.5 Å². The molecule has 2 N–H and O–H groups in total. The van der Waals surface area contributed by atoms with Crippen molar-refractivity contribution in [1.82, 2.24) is 9.97 Å². The third kappa shape index (κ3) is 2.94. The molecule has 1 aromatic heterocycles. The molecule has 0 spiro atoms. The monoisotopic (exact) mass is 276 g/mol. The van der Waals surface area contributed by atoms with Gasteiger partial charge < -0.3 is 19.6 Å². The Bertz CT molecular complexity index is 708. The van der Waals surface area contributed by atoms with Crippen LogP contribution in [0.2, 0.25) is 0 Å². The van der Waals surface area contributed by atoms with E-state index in [0.717, 1.165) is 0 Å². The average Bonchev–Trinajstić information content (AvgIpc) is 2.37. The van der Waals surface area contributed by atoms with Crippen LogP contribution in [0.1, 0.15) is 16.2 Å². The highest BCUT2D eigenvalue weighted by Crippen LogP contribution is 2.31. The highest BCUT2D eigenvalue weighted by Gasteiger charge is 2.11. The Morgan fingerprint density at radius 2 is 2.05 bits per heavy atom. The summed E-state index contributed by atoms with van der Waals surface area (Å²) < 4.78 is 10.5. The average molecular weight is 276 g/mol. The quantitative estimate of drug-likeness (QED) is 0.879. The second kappa shape index (κ2) is 5.43. The number of rotatable bonds is 4. The highest BCUT2D eigenvalue weighted by molar-refractivity contribution is 5.88. The van der Waals surface area contributed by atoms with Crippen LogP contribution >= 0.6 is 0 Å². The van der Waals surface area contributed by atoms with E-state index in [9.17, 15) is 9.59 Å². The van der Waals surface area contributed by atoms with Gasteiger partial charge in [-0.3, -0.25) is 4.79 Å². The Morgan fingerprint density at radius 3 is 2.65 bits per heavy atom. The van der Waals surface area contributed by atoms with E-state index >= 15 is 0 Å². The number of hydrogen-bond acceptors (Lipinski definition) is 5. The molecule has 0 amide bonds. The van der Waals surface area contributed by atoms with Gasteiger partial charge in [-0.05, 0) is 25.1 Å². The Kier molecular flexibility index (Phi) is 3.69. The lowest BCUT2D eigenvalue weighted by molar-refractivity contribution is 0.0696. The normalized spacial score (nSPS) is 10.1. The number of carbonyl (C=O) groups is 1. The van der Waals surface area contributed by atoms with Gasteiger partial charge in [0.2, 0.25) is 5.88 Å². The molecule has 0 saturated heterocycles. The zero-order valence-electron chi connectivity index (χ0n) is 10.8. The minimum atomic E-state index is -1.07. The number of hydrogen-bond donors (Lipinski definition) is 2.